The topological polar surface area (TPSA) is 18.5 Å². The minimum Gasteiger partial charge on any atom is -0.488 e. The summed E-state index contributed by atoms with van der Waals surface area (Å²) in [6.45, 7) is 3.71. The Morgan fingerprint density at radius 3 is 2.70 bits per heavy atom. The first-order valence-corrected chi connectivity index (χ1v) is 6.86. The summed E-state index contributed by atoms with van der Waals surface area (Å²) >= 11 is 0. The predicted octanol–water partition coefficient (Wildman–Crippen LogP) is 3.81. The van der Waals surface area contributed by atoms with Gasteiger partial charge in [0.15, 0.2) is 0 Å². The Hall–Kier alpha value is -1.87. The predicted molar refractivity (Wildman–Crippen MR) is 74.5 cm³/mol. The fourth-order valence-electron chi connectivity index (χ4n) is 2.86. The van der Waals surface area contributed by atoms with Crippen LogP contribution < -0.4 is 4.74 Å². The molecule has 1 saturated heterocycles. The molecule has 2 aliphatic rings. The Bertz CT molecular complexity index is 690. The third-order valence-electron chi connectivity index (χ3n) is 4.11. The average Bonchev–Trinajstić information content (AvgIpc) is 2.37. The molecule has 0 atom stereocenters. The van der Waals surface area contributed by atoms with Crippen LogP contribution in [-0.4, -0.2) is 13.2 Å². The second kappa shape index (κ2) is 4.32. The molecule has 0 unspecified atom stereocenters. The quantitative estimate of drug-likeness (QED) is 0.784. The Kier molecular flexibility index (Phi) is 2.57. The van der Waals surface area contributed by atoms with Crippen molar-refractivity contribution in [2.24, 2.45) is 0 Å². The molecular weight excluding hydrogens is 255 g/mol. The van der Waals surface area contributed by atoms with Gasteiger partial charge < -0.3 is 9.47 Å². The van der Waals surface area contributed by atoms with Crippen molar-refractivity contribution in [2.45, 2.75) is 19.4 Å². The van der Waals surface area contributed by atoms with Gasteiger partial charge >= 0.3 is 0 Å². The van der Waals surface area contributed by atoms with Crippen molar-refractivity contribution >= 4 is 0 Å². The summed E-state index contributed by atoms with van der Waals surface area (Å²) in [6.07, 6.45) is 0. The molecule has 3 heteroatoms. The van der Waals surface area contributed by atoms with E-state index in [-0.39, 0.29) is 11.7 Å². The summed E-state index contributed by atoms with van der Waals surface area (Å²) < 4.78 is 25.1. The van der Waals surface area contributed by atoms with Gasteiger partial charge in [-0.1, -0.05) is 12.1 Å². The normalized spacial score (nSPS) is 16.9. The summed E-state index contributed by atoms with van der Waals surface area (Å²) in [7, 11) is 0. The molecule has 2 nitrogen and oxygen atoms in total. The molecule has 1 fully saturated rings. The van der Waals surface area contributed by atoms with Crippen molar-refractivity contribution in [1.29, 1.82) is 0 Å². The SMILES string of the molecule is Cc1ccc2c(c1)OCc1cc(F)c(C3COC3)cc1-2. The number of ether oxygens (including phenoxy) is 2. The first kappa shape index (κ1) is 11.9. The highest BCUT2D eigenvalue weighted by molar-refractivity contribution is 5.76. The molecule has 0 spiro atoms. The highest BCUT2D eigenvalue weighted by atomic mass is 19.1. The van der Waals surface area contributed by atoms with Gasteiger partial charge in [0.25, 0.3) is 0 Å². The molecule has 2 aromatic carbocycles. The first-order valence-electron chi connectivity index (χ1n) is 6.86. The Balaban J connectivity index is 1.88. The number of hydrogen-bond donors (Lipinski definition) is 0. The van der Waals surface area contributed by atoms with Crippen LogP contribution in [0.25, 0.3) is 11.1 Å². The molecule has 0 radical (unpaired) electrons. The Labute approximate surface area is 117 Å². The molecule has 2 heterocycles. The van der Waals surface area contributed by atoms with Gasteiger partial charge in [0.05, 0.1) is 13.2 Å². The first-order chi connectivity index (χ1) is 9.72. The van der Waals surface area contributed by atoms with E-state index in [0.717, 1.165) is 28.0 Å². The van der Waals surface area contributed by atoms with Gasteiger partial charge in [0.1, 0.15) is 18.2 Å². The smallest absolute Gasteiger partial charge is 0.127 e. The fourth-order valence-corrected chi connectivity index (χ4v) is 2.86. The van der Waals surface area contributed by atoms with E-state index in [2.05, 4.69) is 12.1 Å². The van der Waals surface area contributed by atoms with E-state index in [0.29, 0.717) is 19.8 Å². The molecule has 0 bridgehead atoms. The van der Waals surface area contributed by atoms with Crippen molar-refractivity contribution in [3.8, 4) is 16.9 Å². The standard InChI is InChI=1S/C17H15FO2/c1-10-2-3-13-14-6-15(12-7-19-8-12)16(18)5-11(14)9-20-17(13)4-10/h2-6,12H,7-9H2,1H3. The molecule has 0 aliphatic carbocycles. The molecule has 0 saturated carbocycles. The highest BCUT2D eigenvalue weighted by Crippen LogP contribution is 2.40. The minimum absolute atomic E-state index is 0.142. The van der Waals surface area contributed by atoms with Crippen LogP contribution in [0.1, 0.15) is 22.6 Å². The molecule has 0 amide bonds. The maximum atomic E-state index is 14.2. The molecule has 4 rings (SSSR count). The van der Waals surface area contributed by atoms with E-state index in [4.69, 9.17) is 9.47 Å². The Morgan fingerprint density at radius 2 is 1.95 bits per heavy atom. The van der Waals surface area contributed by atoms with Crippen molar-refractivity contribution in [1.82, 2.24) is 0 Å². The molecule has 0 aromatic heterocycles. The van der Waals surface area contributed by atoms with E-state index >= 15 is 0 Å². The number of aryl methyl sites for hydroxylation is 1. The van der Waals surface area contributed by atoms with Gasteiger partial charge in [0, 0.05) is 17.0 Å². The van der Waals surface area contributed by atoms with Gasteiger partial charge in [-0.2, -0.15) is 0 Å². The number of benzene rings is 2. The minimum atomic E-state index is -0.142. The molecule has 20 heavy (non-hydrogen) atoms. The van der Waals surface area contributed by atoms with Crippen LogP contribution in [0.3, 0.4) is 0 Å². The maximum Gasteiger partial charge on any atom is 0.127 e. The van der Waals surface area contributed by atoms with Crippen LogP contribution in [0.4, 0.5) is 4.39 Å². The molecule has 2 aromatic rings. The van der Waals surface area contributed by atoms with Gasteiger partial charge in [0.2, 0.25) is 0 Å². The second-order valence-electron chi connectivity index (χ2n) is 5.55. The third-order valence-corrected chi connectivity index (χ3v) is 4.11. The summed E-state index contributed by atoms with van der Waals surface area (Å²) in [5, 5.41) is 0. The van der Waals surface area contributed by atoms with Crippen LogP contribution in [0, 0.1) is 12.7 Å². The van der Waals surface area contributed by atoms with Gasteiger partial charge in [-0.05, 0) is 41.8 Å². The lowest BCUT2D eigenvalue weighted by atomic mass is 9.89. The second-order valence-corrected chi connectivity index (χ2v) is 5.55. The fraction of sp³-hybridized carbons (Fsp3) is 0.294. The number of fused-ring (bicyclic) bond motifs is 3. The molecule has 2 aliphatic heterocycles. The van der Waals surface area contributed by atoms with E-state index < -0.39 is 0 Å². The third kappa shape index (κ3) is 1.74. The lowest BCUT2D eigenvalue weighted by molar-refractivity contribution is 0.00703. The average molecular weight is 270 g/mol. The monoisotopic (exact) mass is 270 g/mol. The van der Waals surface area contributed by atoms with Crippen LogP contribution in [-0.2, 0) is 11.3 Å². The molecule has 102 valence electrons. The number of rotatable bonds is 1. The van der Waals surface area contributed by atoms with Gasteiger partial charge in [-0.25, -0.2) is 4.39 Å². The zero-order valence-corrected chi connectivity index (χ0v) is 11.3. The van der Waals surface area contributed by atoms with Crippen LogP contribution in [0.5, 0.6) is 5.75 Å². The summed E-state index contributed by atoms with van der Waals surface area (Å²) in [6, 6.07) is 9.75. The largest absolute Gasteiger partial charge is 0.488 e. The van der Waals surface area contributed by atoms with E-state index in [1.165, 1.54) is 5.56 Å². The summed E-state index contributed by atoms with van der Waals surface area (Å²) in [5.41, 5.74) is 5.00. The maximum absolute atomic E-state index is 14.2. The van der Waals surface area contributed by atoms with E-state index in [1.807, 2.05) is 19.1 Å². The van der Waals surface area contributed by atoms with E-state index in [9.17, 15) is 4.39 Å². The molecular formula is C17H15FO2. The van der Waals surface area contributed by atoms with Crippen LogP contribution >= 0.6 is 0 Å². The number of hydrogen-bond acceptors (Lipinski definition) is 2. The van der Waals surface area contributed by atoms with Crippen molar-refractivity contribution in [3.63, 3.8) is 0 Å². The van der Waals surface area contributed by atoms with Gasteiger partial charge in [-0.15, -0.1) is 0 Å². The van der Waals surface area contributed by atoms with Crippen molar-refractivity contribution < 1.29 is 13.9 Å². The highest BCUT2D eigenvalue weighted by Gasteiger charge is 2.27. The zero-order valence-electron chi connectivity index (χ0n) is 11.3. The summed E-state index contributed by atoms with van der Waals surface area (Å²) in [4.78, 5) is 0. The van der Waals surface area contributed by atoms with Crippen LogP contribution in [0.2, 0.25) is 0 Å². The number of halogens is 1. The van der Waals surface area contributed by atoms with E-state index in [1.54, 1.807) is 6.07 Å². The van der Waals surface area contributed by atoms with Gasteiger partial charge in [-0.3, -0.25) is 0 Å². The van der Waals surface area contributed by atoms with Crippen LogP contribution in [0.15, 0.2) is 30.3 Å². The lowest BCUT2D eigenvalue weighted by Crippen LogP contribution is -2.26. The lowest BCUT2D eigenvalue weighted by Gasteiger charge is -2.29. The summed E-state index contributed by atoms with van der Waals surface area (Å²) in [5.74, 6) is 0.938. The Morgan fingerprint density at radius 1 is 1.10 bits per heavy atom. The molecule has 0 N–H and O–H groups in total. The van der Waals surface area contributed by atoms with Crippen molar-refractivity contribution in [2.75, 3.05) is 13.2 Å². The zero-order chi connectivity index (χ0) is 13.7. The van der Waals surface area contributed by atoms with Crippen molar-refractivity contribution in [3.05, 3.63) is 52.8 Å².